The van der Waals surface area contributed by atoms with Crippen molar-refractivity contribution in [1.29, 1.82) is 0 Å². The van der Waals surface area contributed by atoms with Crippen LogP contribution in [0.2, 0.25) is 10.0 Å². The number of nitrogen functional groups attached to an aromatic ring is 1. The van der Waals surface area contributed by atoms with Gasteiger partial charge in [-0.15, -0.1) is 0 Å². The van der Waals surface area contributed by atoms with Crippen LogP contribution in [-0.4, -0.2) is 16.1 Å². The number of carbonyl (C=O) groups is 1. The van der Waals surface area contributed by atoms with Gasteiger partial charge in [0.1, 0.15) is 10.7 Å². The third kappa shape index (κ3) is 3.53. The highest BCUT2D eigenvalue weighted by Crippen LogP contribution is 2.33. The highest BCUT2D eigenvalue weighted by atomic mass is 35.5. The fraction of sp³-hybridized carbons (Fsp3) is 0. The summed E-state index contributed by atoms with van der Waals surface area (Å²) in [7, 11) is 0. The number of anilines is 1. The Hall–Kier alpha value is -1.43. The van der Waals surface area contributed by atoms with Crippen LogP contribution in [0, 0.1) is 0 Å². The van der Waals surface area contributed by atoms with E-state index in [1.54, 1.807) is 18.2 Å². The first kappa shape index (κ1) is 14.0. The van der Waals surface area contributed by atoms with Crippen LogP contribution < -0.4 is 5.73 Å². The van der Waals surface area contributed by atoms with E-state index in [-0.39, 0.29) is 5.69 Å². The van der Waals surface area contributed by atoms with E-state index in [2.05, 4.69) is 4.98 Å². The molecule has 0 spiro atoms. The summed E-state index contributed by atoms with van der Waals surface area (Å²) >= 11 is 13.0. The first-order valence-corrected chi connectivity index (χ1v) is 6.66. The number of carboxylic acid groups (broad SMARTS) is 1. The Morgan fingerprint density at radius 1 is 1.21 bits per heavy atom. The van der Waals surface area contributed by atoms with Crippen molar-refractivity contribution < 1.29 is 9.90 Å². The minimum Gasteiger partial charge on any atom is -0.477 e. The van der Waals surface area contributed by atoms with E-state index >= 15 is 0 Å². The summed E-state index contributed by atoms with van der Waals surface area (Å²) in [5.41, 5.74) is 6.10. The van der Waals surface area contributed by atoms with Crippen LogP contribution in [0.3, 0.4) is 0 Å². The van der Waals surface area contributed by atoms with E-state index in [1.807, 2.05) is 0 Å². The predicted octanol–water partition coefficient (Wildman–Crippen LogP) is 3.82. The fourth-order valence-corrected chi connectivity index (χ4v) is 2.93. The smallest absolute Gasteiger partial charge is 0.354 e. The number of carboxylic acids is 1. The van der Waals surface area contributed by atoms with Gasteiger partial charge in [0.05, 0.1) is 5.69 Å². The average molecular weight is 315 g/mol. The lowest BCUT2D eigenvalue weighted by molar-refractivity contribution is 0.0690. The molecular formula is C12H8Cl2N2O2S. The average Bonchev–Trinajstić information content (AvgIpc) is 2.30. The molecule has 0 amide bonds. The monoisotopic (exact) mass is 314 g/mol. The van der Waals surface area contributed by atoms with E-state index < -0.39 is 5.97 Å². The molecule has 1 aromatic carbocycles. The molecule has 0 radical (unpaired) electrons. The minimum atomic E-state index is -1.11. The van der Waals surface area contributed by atoms with Crippen molar-refractivity contribution in [1.82, 2.24) is 4.98 Å². The van der Waals surface area contributed by atoms with Gasteiger partial charge in [0, 0.05) is 14.9 Å². The largest absolute Gasteiger partial charge is 0.477 e. The van der Waals surface area contributed by atoms with Crippen molar-refractivity contribution in [2.24, 2.45) is 0 Å². The molecule has 3 N–H and O–H groups in total. The summed E-state index contributed by atoms with van der Waals surface area (Å²) in [6, 6.07) is 7.87. The third-order valence-corrected chi connectivity index (χ3v) is 3.59. The number of rotatable bonds is 3. The van der Waals surface area contributed by atoms with Crippen molar-refractivity contribution in [2.45, 2.75) is 9.92 Å². The molecule has 0 aliphatic rings. The summed E-state index contributed by atoms with van der Waals surface area (Å²) in [5.74, 6) is -1.11. The highest BCUT2D eigenvalue weighted by molar-refractivity contribution is 7.99. The zero-order valence-corrected chi connectivity index (χ0v) is 11.8. The maximum absolute atomic E-state index is 10.9. The minimum absolute atomic E-state index is 0.0650. The van der Waals surface area contributed by atoms with Crippen LogP contribution in [0.25, 0.3) is 0 Å². The molecule has 2 rings (SSSR count). The van der Waals surface area contributed by atoms with Gasteiger partial charge in [-0.05, 0) is 30.3 Å². The van der Waals surface area contributed by atoms with Crippen molar-refractivity contribution in [3.05, 3.63) is 46.1 Å². The number of benzene rings is 1. The van der Waals surface area contributed by atoms with Gasteiger partial charge >= 0.3 is 5.97 Å². The molecule has 4 nitrogen and oxygen atoms in total. The second-order valence-corrected chi connectivity index (χ2v) is 5.54. The Morgan fingerprint density at radius 3 is 2.42 bits per heavy atom. The van der Waals surface area contributed by atoms with Crippen molar-refractivity contribution >= 4 is 46.6 Å². The molecular weight excluding hydrogens is 307 g/mol. The van der Waals surface area contributed by atoms with Crippen molar-refractivity contribution in [2.75, 3.05) is 5.73 Å². The number of halogens is 2. The second-order valence-electron chi connectivity index (χ2n) is 3.60. The second kappa shape index (κ2) is 5.69. The van der Waals surface area contributed by atoms with Crippen LogP contribution in [0.1, 0.15) is 10.5 Å². The SMILES string of the molecule is Nc1ccc(C(=O)O)nc1Sc1cc(Cl)cc(Cl)c1. The Morgan fingerprint density at radius 2 is 1.84 bits per heavy atom. The van der Waals surface area contributed by atoms with Gasteiger partial charge in [-0.25, -0.2) is 9.78 Å². The van der Waals surface area contributed by atoms with Gasteiger partial charge in [0.2, 0.25) is 0 Å². The lowest BCUT2D eigenvalue weighted by Crippen LogP contribution is -2.02. The zero-order valence-electron chi connectivity index (χ0n) is 9.43. The molecule has 1 aromatic heterocycles. The van der Waals surface area contributed by atoms with Crippen LogP contribution in [-0.2, 0) is 0 Å². The van der Waals surface area contributed by atoms with Crippen LogP contribution in [0.15, 0.2) is 40.3 Å². The van der Waals surface area contributed by atoms with Crippen LogP contribution in [0.4, 0.5) is 5.69 Å². The molecule has 19 heavy (non-hydrogen) atoms. The van der Waals surface area contributed by atoms with Gasteiger partial charge in [0.25, 0.3) is 0 Å². The maximum Gasteiger partial charge on any atom is 0.354 e. The predicted molar refractivity (Wildman–Crippen MR) is 76.2 cm³/mol. The van der Waals surface area contributed by atoms with Gasteiger partial charge in [-0.2, -0.15) is 0 Å². The van der Waals surface area contributed by atoms with E-state index in [1.165, 1.54) is 23.9 Å². The summed E-state index contributed by atoms with van der Waals surface area (Å²) in [4.78, 5) is 15.6. The zero-order chi connectivity index (χ0) is 14.0. The quantitative estimate of drug-likeness (QED) is 0.900. The molecule has 0 unspecified atom stereocenters. The summed E-state index contributed by atoms with van der Waals surface area (Å²) < 4.78 is 0. The number of nitrogens with two attached hydrogens (primary N) is 1. The number of pyridine rings is 1. The molecule has 0 saturated heterocycles. The highest BCUT2D eigenvalue weighted by Gasteiger charge is 2.10. The molecule has 0 saturated carbocycles. The molecule has 98 valence electrons. The van der Waals surface area contributed by atoms with Gasteiger partial charge < -0.3 is 10.8 Å². The van der Waals surface area contributed by atoms with Crippen LogP contribution >= 0.6 is 35.0 Å². The maximum atomic E-state index is 10.9. The number of nitrogens with zero attached hydrogens (tertiary/aromatic N) is 1. The Bertz CT molecular complexity index is 629. The molecule has 0 atom stereocenters. The first-order chi connectivity index (χ1) is 8.95. The van der Waals surface area contributed by atoms with Crippen LogP contribution in [0.5, 0.6) is 0 Å². The van der Waals surface area contributed by atoms with Gasteiger partial charge in [-0.1, -0.05) is 35.0 Å². The Labute approximate surface area is 123 Å². The van der Waals surface area contributed by atoms with E-state index in [0.29, 0.717) is 20.8 Å². The Kier molecular flexibility index (Phi) is 4.19. The topological polar surface area (TPSA) is 76.2 Å². The molecule has 0 aliphatic carbocycles. The first-order valence-electron chi connectivity index (χ1n) is 5.09. The number of aromatic carboxylic acids is 1. The number of hydrogen-bond acceptors (Lipinski definition) is 4. The number of aromatic nitrogens is 1. The van der Waals surface area contributed by atoms with E-state index in [4.69, 9.17) is 34.0 Å². The van der Waals surface area contributed by atoms with E-state index in [9.17, 15) is 4.79 Å². The standard InChI is InChI=1S/C12H8Cl2N2O2S/c13-6-3-7(14)5-8(4-6)19-11-9(15)1-2-10(16-11)12(17)18/h1-5H,15H2,(H,17,18). The summed E-state index contributed by atoms with van der Waals surface area (Å²) in [6.07, 6.45) is 0. The molecule has 1 heterocycles. The van der Waals surface area contributed by atoms with E-state index in [0.717, 1.165) is 4.90 Å². The molecule has 7 heteroatoms. The lowest BCUT2D eigenvalue weighted by Gasteiger charge is -2.06. The van der Waals surface area contributed by atoms with Gasteiger partial charge in [0.15, 0.2) is 0 Å². The molecule has 0 fully saturated rings. The van der Waals surface area contributed by atoms with Gasteiger partial charge in [-0.3, -0.25) is 0 Å². The molecule has 2 aromatic rings. The Balaban J connectivity index is 2.37. The summed E-state index contributed by atoms with van der Waals surface area (Å²) in [6.45, 7) is 0. The van der Waals surface area contributed by atoms with Crippen molar-refractivity contribution in [3.63, 3.8) is 0 Å². The fourth-order valence-electron chi connectivity index (χ4n) is 1.35. The lowest BCUT2D eigenvalue weighted by atomic mass is 10.3. The van der Waals surface area contributed by atoms with Crippen molar-refractivity contribution in [3.8, 4) is 0 Å². The summed E-state index contributed by atoms with van der Waals surface area (Å²) in [5, 5.41) is 10.3. The molecule has 0 aliphatic heterocycles. The normalized spacial score (nSPS) is 10.4. The third-order valence-electron chi connectivity index (χ3n) is 2.16. The molecule has 0 bridgehead atoms. The number of hydrogen-bond donors (Lipinski definition) is 2.